The maximum absolute atomic E-state index is 12.5. The van der Waals surface area contributed by atoms with Crippen LogP contribution in [-0.2, 0) is 0 Å². The molecule has 0 aliphatic heterocycles. The molecule has 0 spiro atoms. The summed E-state index contributed by atoms with van der Waals surface area (Å²) in [6, 6.07) is 3.95. The zero-order chi connectivity index (χ0) is 15.6. The van der Waals surface area contributed by atoms with Gasteiger partial charge in [-0.05, 0) is 29.5 Å². The van der Waals surface area contributed by atoms with Crippen LogP contribution in [0, 0.1) is 0 Å². The van der Waals surface area contributed by atoms with E-state index in [1.54, 1.807) is 18.2 Å². The van der Waals surface area contributed by atoms with Gasteiger partial charge in [-0.1, -0.05) is 6.07 Å². The van der Waals surface area contributed by atoms with E-state index in [0.29, 0.717) is 17.0 Å². The summed E-state index contributed by atoms with van der Waals surface area (Å²) >= 11 is 0. The van der Waals surface area contributed by atoms with Crippen molar-refractivity contribution in [1.29, 1.82) is 0 Å². The van der Waals surface area contributed by atoms with Crippen LogP contribution in [0.15, 0.2) is 18.2 Å². The molecule has 1 atom stereocenters. The second-order valence-corrected chi connectivity index (χ2v) is 4.54. The second-order valence-electron chi connectivity index (χ2n) is 4.54. The number of rotatable bonds is 4. The average Bonchev–Trinajstić information content (AvgIpc) is 2.85. The molecule has 6 nitrogen and oxygen atoms in total. The number of ether oxygens (including phenoxy) is 1. The van der Waals surface area contributed by atoms with E-state index in [4.69, 9.17) is 10.5 Å². The van der Waals surface area contributed by atoms with Gasteiger partial charge >= 0.3 is 6.18 Å². The van der Waals surface area contributed by atoms with Gasteiger partial charge in [0.15, 0.2) is 5.82 Å². The Morgan fingerprint density at radius 2 is 2.10 bits per heavy atom. The van der Waals surface area contributed by atoms with Crippen molar-refractivity contribution in [3.8, 4) is 17.1 Å². The van der Waals surface area contributed by atoms with Crippen LogP contribution in [0.2, 0.25) is 0 Å². The molecule has 0 amide bonds. The summed E-state index contributed by atoms with van der Waals surface area (Å²) in [6.07, 6.45) is -5.35. The largest absolute Gasteiger partial charge is 0.496 e. The summed E-state index contributed by atoms with van der Waals surface area (Å²) in [5.41, 5.74) is 6.57. The van der Waals surface area contributed by atoms with Gasteiger partial charge in [-0.2, -0.15) is 13.2 Å². The fourth-order valence-electron chi connectivity index (χ4n) is 2.03. The number of nitrogen functional groups attached to an aromatic ring is 1. The van der Waals surface area contributed by atoms with E-state index < -0.39 is 18.6 Å². The highest BCUT2D eigenvalue weighted by Gasteiger charge is 2.32. The number of halogens is 3. The SMILES string of the molecule is COc1cccc(N)c1-c1nnnn1C(C)CC(F)(F)F. The highest BCUT2D eigenvalue weighted by atomic mass is 19.4. The van der Waals surface area contributed by atoms with Crippen LogP contribution in [0.25, 0.3) is 11.4 Å². The predicted molar refractivity (Wildman–Crippen MR) is 69.6 cm³/mol. The van der Waals surface area contributed by atoms with Crippen LogP contribution in [0.1, 0.15) is 19.4 Å². The van der Waals surface area contributed by atoms with Crippen molar-refractivity contribution in [3.63, 3.8) is 0 Å². The normalized spacial score (nSPS) is 13.2. The summed E-state index contributed by atoms with van der Waals surface area (Å²) in [5, 5.41) is 10.9. The third-order valence-electron chi connectivity index (χ3n) is 2.94. The lowest BCUT2D eigenvalue weighted by molar-refractivity contribution is -0.142. The fourth-order valence-corrected chi connectivity index (χ4v) is 2.03. The molecule has 2 rings (SSSR count). The smallest absolute Gasteiger partial charge is 0.391 e. The Balaban J connectivity index is 2.46. The van der Waals surface area contributed by atoms with Crippen molar-refractivity contribution < 1.29 is 17.9 Å². The molecule has 1 aromatic heterocycles. The van der Waals surface area contributed by atoms with Gasteiger partial charge in [0, 0.05) is 5.69 Å². The van der Waals surface area contributed by atoms with Crippen molar-refractivity contribution in [2.45, 2.75) is 25.6 Å². The zero-order valence-corrected chi connectivity index (χ0v) is 11.4. The molecule has 114 valence electrons. The minimum Gasteiger partial charge on any atom is -0.496 e. The lowest BCUT2D eigenvalue weighted by Crippen LogP contribution is -2.18. The number of hydrogen-bond acceptors (Lipinski definition) is 5. The molecule has 0 aliphatic carbocycles. The van der Waals surface area contributed by atoms with Crippen molar-refractivity contribution >= 4 is 5.69 Å². The minimum atomic E-state index is -4.31. The number of methoxy groups -OCH3 is 1. The summed E-state index contributed by atoms with van der Waals surface area (Å²) < 4.78 is 43.9. The number of aromatic nitrogens is 4. The van der Waals surface area contributed by atoms with Crippen molar-refractivity contribution in [1.82, 2.24) is 20.2 Å². The van der Waals surface area contributed by atoms with E-state index in [1.807, 2.05) is 0 Å². The van der Waals surface area contributed by atoms with E-state index in [0.717, 1.165) is 4.68 Å². The number of tetrazole rings is 1. The minimum absolute atomic E-state index is 0.140. The number of alkyl halides is 3. The van der Waals surface area contributed by atoms with Crippen LogP contribution in [0.4, 0.5) is 18.9 Å². The van der Waals surface area contributed by atoms with Gasteiger partial charge in [-0.3, -0.25) is 0 Å². The number of nitrogens with two attached hydrogens (primary N) is 1. The van der Waals surface area contributed by atoms with E-state index in [1.165, 1.54) is 14.0 Å². The lowest BCUT2D eigenvalue weighted by atomic mass is 10.1. The molecule has 9 heteroatoms. The molecule has 0 bridgehead atoms. The molecule has 2 N–H and O–H groups in total. The van der Waals surface area contributed by atoms with Crippen molar-refractivity contribution in [3.05, 3.63) is 18.2 Å². The quantitative estimate of drug-likeness (QED) is 0.877. The Morgan fingerprint density at radius 1 is 1.38 bits per heavy atom. The molecule has 21 heavy (non-hydrogen) atoms. The van der Waals surface area contributed by atoms with Crippen molar-refractivity contribution in [2.75, 3.05) is 12.8 Å². The highest BCUT2D eigenvalue weighted by Crippen LogP contribution is 2.36. The zero-order valence-electron chi connectivity index (χ0n) is 11.4. The third-order valence-corrected chi connectivity index (χ3v) is 2.94. The molecular weight excluding hydrogens is 287 g/mol. The Labute approximate surface area is 118 Å². The first-order chi connectivity index (χ1) is 9.83. The molecule has 0 radical (unpaired) electrons. The van der Waals surface area contributed by atoms with Gasteiger partial charge in [0.2, 0.25) is 0 Å². The Hall–Kier alpha value is -2.32. The van der Waals surface area contributed by atoms with Gasteiger partial charge in [-0.25, -0.2) is 4.68 Å². The first kappa shape index (κ1) is 15.1. The third kappa shape index (κ3) is 3.23. The first-order valence-electron chi connectivity index (χ1n) is 6.11. The maximum atomic E-state index is 12.5. The van der Waals surface area contributed by atoms with E-state index in [9.17, 15) is 13.2 Å². The van der Waals surface area contributed by atoms with Gasteiger partial charge in [0.1, 0.15) is 5.75 Å². The number of benzene rings is 1. The summed E-state index contributed by atoms with van der Waals surface area (Å²) in [6.45, 7) is 1.39. The molecular formula is C12H14F3N5O. The summed E-state index contributed by atoms with van der Waals surface area (Å²) in [5.74, 6) is 0.534. The maximum Gasteiger partial charge on any atom is 0.391 e. The standard InChI is InChI=1S/C12H14F3N5O/c1-7(6-12(13,14)15)20-11(17-18-19-20)10-8(16)4-3-5-9(10)21-2/h3-5,7H,6,16H2,1-2H3. The molecule has 0 saturated heterocycles. The average molecular weight is 301 g/mol. The monoisotopic (exact) mass is 301 g/mol. The molecule has 0 saturated carbocycles. The number of hydrogen-bond donors (Lipinski definition) is 1. The molecule has 2 aromatic rings. The molecule has 0 fully saturated rings. The summed E-state index contributed by atoms with van der Waals surface area (Å²) in [7, 11) is 1.44. The van der Waals surface area contributed by atoms with Crippen molar-refractivity contribution in [2.24, 2.45) is 0 Å². The lowest BCUT2D eigenvalue weighted by Gasteiger charge is -2.17. The Morgan fingerprint density at radius 3 is 2.71 bits per heavy atom. The molecule has 0 aliphatic rings. The molecule has 1 unspecified atom stereocenters. The Kier molecular flexibility index (Phi) is 4.01. The molecule has 1 heterocycles. The second kappa shape index (κ2) is 5.58. The van der Waals surface area contributed by atoms with Gasteiger partial charge < -0.3 is 10.5 Å². The van der Waals surface area contributed by atoms with E-state index in [-0.39, 0.29) is 5.82 Å². The number of anilines is 1. The van der Waals surface area contributed by atoms with E-state index >= 15 is 0 Å². The van der Waals surface area contributed by atoms with Crippen LogP contribution < -0.4 is 10.5 Å². The van der Waals surface area contributed by atoms with Crippen LogP contribution in [0.3, 0.4) is 0 Å². The van der Waals surface area contributed by atoms with E-state index in [2.05, 4.69) is 15.5 Å². The first-order valence-corrected chi connectivity index (χ1v) is 6.11. The molecule has 1 aromatic carbocycles. The summed E-state index contributed by atoms with van der Waals surface area (Å²) in [4.78, 5) is 0. The highest BCUT2D eigenvalue weighted by molar-refractivity contribution is 5.77. The van der Waals surface area contributed by atoms with Gasteiger partial charge in [0.05, 0.1) is 25.1 Å². The Bertz CT molecular complexity index is 626. The predicted octanol–water partition coefficient (Wildman–Crippen LogP) is 2.44. The van der Waals surface area contributed by atoms with Gasteiger partial charge in [-0.15, -0.1) is 5.10 Å². The van der Waals surface area contributed by atoms with Crippen LogP contribution in [0.5, 0.6) is 5.75 Å². The topological polar surface area (TPSA) is 78.8 Å². The van der Waals surface area contributed by atoms with Crippen LogP contribution in [-0.4, -0.2) is 33.5 Å². The fraction of sp³-hybridized carbons (Fsp3) is 0.417. The van der Waals surface area contributed by atoms with Crippen LogP contribution >= 0.6 is 0 Å². The van der Waals surface area contributed by atoms with Gasteiger partial charge in [0.25, 0.3) is 0 Å². The number of nitrogens with zero attached hydrogens (tertiary/aromatic N) is 4.